The lowest BCUT2D eigenvalue weighted by Gasteiger charge is -2.45. The minimum Gasteiger partial charge on any atom is -0.332 e. The summed E-state index contributed by atoms with van der Waals surface area (Å²) in [6.45, 7) is 0. The summed E-state index contributed by atoms with van der Waals surface area (Å²) in [5.41, 5.74) is 17.5. The van der Waals surface area contributed by atoms with E-state index in [0.717, 1.165) is 24.0 Å². The monoisotopic (exact) mass is 650 g/mol. The maximum absolute atomic E-state index is 9.66. The summed E-state index contributed by atoms with van der Waals surface area (Å²) < 4.78 is 0. The summed E-state index contributed by atoms with van der Waals surface area (Å²) >= 11 is 0. The molecular formula is C49H34N2. The molecule has 7 aromatic carbocycles. The van der Waals surface area contributed by atoms with E-state index in [0.29, 0.717) is 5.71 Å². The number of nitrogens with zero attached hydrogens (tertiary/aromatic N) is 1. The van der Waals surface area contributed by atoms with Gasteiger partial charge >= 0.3 is 0 Å². The lowest BCUT2D eigenvalue weighted by atomic mass is 9.64. The van der Waals surface area contributed by atoms with E-state index in [1.807, 2.05) is 18.2 Å². The van der Waals surface area contributed by atoms with Gasteiger partial charge < -0.3 is 4.90 Å². The van der Waals surface area contributed by atoms with Crippen molar-refractivity contribution < 1.29 is 0 Å². The molecule has 2 atom stereocenters. The Labute approximate surface area is 298 Å². The number of allylic oxidation sites excluding steroid dienone is 2. The number of nitrogens with one attached hydrogen (secondary N) is 1. The Kier molecular flexibility index (Phi) is 5.95. The molecule has 2 unspecified atom stereocenters. The third kappa shape index (κ3) is 3.80. The van der Waals surface area contributed by atoms with E-state index in [1.165, 1.54) is 77.8 Å². The average molecular weight is 651 g/mol. The van der Waals surface area contributed by atoms with Gasteiger partial charge in [0.1, 0.15) is 0 Å². The van der Waals surface area contributed by atoms with Gasteiger partial charge in [0.15, 0.2) is 0 Å². The molecule has 0 fully saturated rings. The van der Waals surface area contributed by atoms with E-state index in [4.69, 9.17) is 0 Å². The van der Waals surface area contributed by atoms with Gasteiger partial charge in [0.05, 0.1) is 22.9 Å². The van der Waals surface area contributed by atoms with Crippen molar-refractivity contribution >= 4 is 33.4 Å². The van der Waals surface area contributed by atoms with E-state index in [2.05, 4.69) is 157 Å². The van der Waals surface area contributed by atoms with E-state index in [9.17, 15) is 5.41 Å². The van der Waals surface area contributed by atoms with Gasteiger partial charge in [-0.1, -0.05) is 164 Å². The molecular weight excluding hydrogens is 617 g/mol. The predicted molar refractivity (Wildman–Crippen MR) is 211 cm³/mol. The van der Waals surface area contributed by atoms with Crippen LogP contribution in [0.3, 0.4) is 0 Å². The third-order valence-electron chi connectivity index (χ3n) is 11.8. The van der Waals surface area contributed by atoms with Gasteiger partial charge in [0, 0.05) is 22.4 Å². The molecule has 1 N–H and O–H groups in total. The number of fused-ring (bicyclic) bond motifs is 13. The highest BCUT2D eigenvalue weighted by Crippen LogP contribution is 2.66. The molecule has 2 heteroatoms. The van der Waals surface area contributed by atoms with Gasteiger partial charge in [0.25, 0.3) is 0 Å². The smallest absolute Gasteiger partial charge is 0.0754 e. The van der Waals surface area contributed by atoms with Crippen molar-refractivity contribution in [3.8, 4) is 11.1 Å². The largest absolute Gasteiger partial charge is 0.332 e. The molecule has 4 aliphatic rings. The first-order valence-electron chi connectivity index (χ1n) is 18.0. The zero-order chi connectivity index (χ0) is 33.7. The van der Waals surface area contributed by atoms with Crippen LogP contribution in [0.5, 0.6) is 0 Å². The Hall–Kier alpha value is -6.25. The molecule has 0 saturated carbocycles. The second-order valence-corrected chi connectivity index (χ2v) is 14.3. The third-order valence-corrected chi connectivity index (χ3v) is 11.8. The van der Waals surface area contributed by atoms with Gasteiger partial charge in [-0.05, 0) is 79.8 Å². The number of hydrogen-bond donors (Lipinski definition) is 1. The van der Waals surface area contributed by atoms with E-state index in [1.54, 1.807) is 0 Å². The molecule has 11 rings (SSSR count). The van der Waals surface area contributed by atoms with Crippen LogP contribution in [0.1, 0.15) is 56.5 Å². The first-order valence-corrected chi connectivity index (χ1v) is 18.0. The van der Waals surface area contributed by atoms with Crippen molar-refractivity contribution in [1.82, 2.24) is 0 Å². The van der Waals surface area contributed by atoms with E-state index in [-0.39, 0.29) is 6.04 Å². The second kappa shape index (κ2) is 10.6. The first-order chi connectivity index (χ1) is 25.2. The number of rotatable bonds is 4. The Morgan fingerprint density at radius 3 is 2.37 bits per heavy atom. The van der Waals surface area contributed by atoms with Crippen molar-refractivity contribution in [2.45, 2.75) is 24.3 Å². The van der Waals surface area contributed by atoms with Crippen molar-refractivity contribution in [1.29, 1.82) is 5.41 Å². The number of hydrogen-bond acceptors (Lipinski definition) is 2. The Balaban J connectivity index is 1.22. The fraction of sp³-hybridized carbons (Fsp3) is 0.0816. The lowest BCUT2D eigenvalue weighted by Crippen LogP contribution is -2.39. The van der Waals surface area contributed by atoms with E-state index < -0.39 is 5.41 Å². The van der Waals surface area contributed by atoms with Gasteiger partial charge in [0.2, 0.25) is 0 Å². The molecule has 2 nitrogen and oxygen atoms in total. The predicted octanol–water partition coefficient (Wildman–Crippen LogP) is 11.4. The Morgan fingerprint density at radius 2 is 1.43 bits per heavy atom. The van der Waals surface area contributed by atoms with E-state index >= 15 is 0 Å². The maximum atomic E-state index is 9.66. The minimum absolute atomic E-state index is 0.283. The van der Waals surface area contributed by atoms with Crippen molar-refractivity contribution in [2.75, 3.05) is 4.90 Å². The van der Waals surface area contributed by atoms with Gasteiger partial charge in [-0.25, -0.2) is 0 Å². The lowest BCUT2D eigenvalue weighted by molar-refractivity contribution is 0.720. The van der Waals surface area contributed by atoms with Crippen LogP contribution in [0.4, 0.5) is 11.4 Å². The normalized spacial score (nSPS) is 18.5. The van der Waals surface area contributed by atoms with Gasteiger partial charge in [-0.15, -0.1) is 0 Å². The average Bonchev–Trinajstić information content (AvgIpc) is 3.68. The van der Waals surface area contributed by atoms with Gasteiger partial charge in [-0.3, -0.25) is 5.41 Å². The Bertz CT molecular complexity index is 2670. The van der Waals surface area contributed by atoms with Gasteiger partial charge in [-0.2, -0.15) is 0 Å². The second-order valence-electron chi connectivity index (χ2n) is 14.3. The quantitative estimate of drug-likeness (QED) is 0.189. The highest BCUT2D eigenvalue weighted by atomic mass is 15.2. The molecule has 1 spiro atoms. The number of benzene rings is 7. The first kappa shape index (κ1) is 28.6. The van der Waals surface area contributed by atoms with Crippen molar-refractivity contribution in [3.05, 3.63) is 220 Å². The molecule has 0 amide bonds. The molecule has 0 radical (unpaired) electrons. The molecule has 0 aromatic heterocycles. The highest BCUT2D eigenvalue weighted by Gasteiger charge is 2.55. The van der Waals surface area contributed by atoms with Crippen LogP contribution in [0.15, 0.2) is 170 Å². The fourth-order valence-corrected chi connectivity index (χ4v) is 9.81. The summed E-state index contributed by atoms with van der Waals surface area (Å²) in [6, 6.07) is 55.8. The van der Waals surface area contributed by atoms with Crippen molar-refractivity contribution in [3.63, 3.8) is 0 Å². The van der Waals surface area contributed by atoms with Crippen LogP contribution in [0.25, 0.3) is 27.5 Å². The molecule has 240 valence electrons. The molecule has 0 bridgehead atoms. The topological polar surface area (TPSA) is 27.1 Å². The molecule has 7 aromatic rings. The Morgan fingerprint density at radius 1 is 0.667 bits per heavy atom. The van der Waals surface area contributed by atoms with Crippen LogP contribution in [-0.2, 0) is 11.8 Å². The molecule has 2 aliphatic carbocycles. The minimum atomic E-state index is -0.532. The number of para-hydroxylation sites is 2. The fourth-order valence-electron chi connectivity index (χ4n) is 9.81. The molecule has 0 saturated heterocycles. The van der Waals surface area contributed by atoms with Crippen molar-refractivity contribution in [2.24, 2.45) is 0 Å². The maximum Gasteiger partial charge on any atom is 0.0754 e. The zero-order valence-corrected chi connectivity index (χ0v) is 28.1. The number of anilines is 2. The zero-order valence-electron chi connectivity index (χ0n) is 28.1. The molecule has 51 heavy (non-hydrogen) atoms. The summed E-state index contributed by atoms with van der Waals surface area (Å²) in [4.78, 5) is 2.63. The summed E-state index contributed by atoms with van der Waals surface area (Å²) in [5, 5.41) is 12.2. The van der Waals surface area contributed by atoms with Crippen LogP contribution in [0, 0.1) is 5.41 Å². The highest BCUT2D eigenvalue weighted by molar-refractivity contribution is 6.16. The standard InChI is InChI=1S/C49H34N2/c50-47(33-14-2-1-3-15-33)38-21-12-23-42-46(38)39-30-31(29-34-17-10-16-32-13-4-5-18-35(32)34)27-28-40(39)49(42)41-22-7-9-26-45(41)51-44-25-8-6-19-36(44)37-20-11-24-43(49)48(37)51/h1-24,26-28,30,44,50H,25,29H2. The van der Waals surface area contributed by atoms with Crippen LogP contribution in [-0.4, -0.2) is 11.8 Å². The summed E-state index contributed by atoms with van der Waals surface area (Å²) in [6.07, 6.45) is 8.69. The molecule has 2 aliphatic heterocycles. The van der Waals surface area contributed by atoms with Crippen LogP contribution < -0.4 is 4.90 Å². The SMILES string of the molecule is N=C(c1ccccc1)c1cccc2c1-c1cc(Cc3cccc4ccccc34)ccc1C21c2ccccc2N2c3c(cccc31)C1=CC=CCC12. The van der Waals surface area contributed by atoms with Crippen LogP contribution in [0.2, 0.25) is 0 Å². The summed E-state index contributed by atoms with van der Waals surface area (Å²) in [5.74, 6) is 0. The van der Waals surface area contributed by atoms with Crippen LogP contribution >= 0.6 is 0 Å². The molecule has 2 heterocycles. The summed E-state index contributed by atoms with van der Waals surface area (Å²) in [7, 11) is 0.